The molecule has 3 heteroatoms. The molecule has 0 heterocycles. The summed E-state index contributed by atoms with van der Waals surface area (Å²) in [6.45, 7) is 0.829. The van der Waals surface area contributed by atoms with E-state index in [1.165, 1.54) is 51.4 Å². The first kappa shape index (κ1) is 13.6. The number of carbonyl (C=O) groups is 1. The van der Waals surface area contributed by atoms with Crippen molar-refractivity contribution in [3.63, 3.8) is 0 Å². The first-order chi connectivity index (χ1) is 9.62. The van der Waals surface area contributed by atoms with E-state index in [0.717, 1.165) is 36.6 Å². The highest BCUT2D eigenvalue weighted by molar-refractivity contribution is 9.09. The highest BCUT2D eigenvalue weighted by atomic mass is 79.9. The summed E-state index contributed by atoms with van der Waals surface area (Å²) in [6.07, 6.45) is 11.9. The largest absolute Gasteiger partial charge is 0.355 e. The van der Waals surface area contributed by atoms with Crippen LogP contribution in [0.4, 0.5) is 0 Å². The summed E-state index contributed by atoms with van der Waals surface area (Å²) < 4.78 is 0. The van der Waals surface area contributed by atoms with Crippen LogP contribution in [0.15, 0.2) is 0 Å². The Morgan fingerprint density at radius 3 is 2.15 bits per heavy atom. The second kappa shape index (κ2) is 5.00. The van der Waals surface area contributed by atoms with E-state index in [9.17, 15) is 4.79 Å². The summed E-state index contributed by atoms with van der Waals surface area (Å²) >= 11 is 3.71. The maximum absolute atomic E-state index is 12.3. The van der Waals surface area contributed by atoms with E-state index >= 15 is 0 Å². The zero-order valence-electron chi connectivity index (χ0n) is 12.2. The molecule has 4 bridgehead atoms. The van der Waals surface area contributed by atoms with Gasteiger partial charge >= 0.3 is 0 Å². The van der Waals surface area contributed by atoms with Crippen LogP contribution < -0.4 is 5.32 Å². The predicted octanol–water partition coefficient (Wildman–Crippen LogP) is 3.88. The summed E-state index contributed by atoms with van der Waals surface area (Å²) in [5, 5.41) is 3.19. The average molecular weight is 340 g/mol. The van der Waals surface area contributed by atoms with Crippen LogP contribution in [0.5, 0.6) is 0 Å². The lowest BCUT2D eigenvalue weighted by Gasteiger charge is -2.56. The molecule has 5 fully saturated rings. The number of hydrogen-bond donors (Lipinski definition) is 1. The number of rotatable bonds is 5. The zero-order valence-corrected chi connectivity index (χ0v) is 13.8. The zero-order chi connectivity index (χ0) is 13.7. The lowest BCUT2D eigenvalue weighted by molar-refractivity contribution is -0.129. The Morgan fingerprint density at radius 1 is 1.10 bits per heavy atom. The molecular formula is C17H26BrNO. The molecule has 0 radical (unpaired) electrons. The van der Waals surface area contributed by atoms with Gasteiger partial charge in [0.25, 0.3) is 0 Å². The van der Waals surface area contributed by atoms with Crippen molar-refractivity contribution in [3.8, 4) is 0 Å². The third-order valence-electron chi connectivity index (χ3n) is 6.33. The van der Waals surface area contributed by atoms with E-state index < -0.39 is 0 Å². The van der Waals surface area contributed by atoms with Crippen molar-refractivity contribution < 1.29 is 4.79 Å². The monoisotopic (exact) mass is 339 g/mol. The van der Waals surface area contributed by atoms with Gasteiger partial charge in [0, 0.05) is 17.8 Å². The van der Waals surface area contributed by atoms with E-state index in [1.807, 2.05) is 0 Å². The van der Waals surface area contributed by atoms with Gasteiger partial charge in [0.15, 0.2) is 0 Å². The molecule has 1 unspecified atom stereocenters. The molecule has 1 atom stereocenters. The first-order valence-corrected chi connectivity index (χ1v) is 9.44. The molecule has 0 aromatic heterocycles. The van der Waals surface area contributed by atoms with Gasteiger partial charge in [-0.3, -0.25) is 4.79 Å². The van der Waals surface area contributed by atoms with Gasteiger partial charge in [-0.15, -0.1) is 0 Å². The Bertz CT molecular complexity index is 369. The number of nitrogens with one attached hydrogen (secondary N) is 1. The summed E-state index contributed by atoms with van der Waals surface area (Å²) in [7, 11) is 0. The van der Waals surface area contributed by atoms with Gasteiger partial charge in [-0.2, -0.15) is 0 Å². The molecule has 0 aromatic carbocycles. The fraction of sp³-hybridized carbons (Fsp3) is 0.941. The van der Waals surface area contributed by atoms with Crippen LogP contribution in [0.3, 0.4) is 0 Å². The summed E-state index contributed by atoms with van der Waals surface area (Å²) in [6, 6.07) is 0. The van der Waals surface area contributed by atoms with Crippen molar-refractivity contribution in [1.29, 1.82) is 0 Å². The van der Waals surface area contributed by atoms with Gasteiger partial charge in [-0.1, -0.05) is 15.9 Å². The third-order valence-corrected chi connectivity index (χ3v) is 7.40. The molecule has 1 amide bonds. The van der Waals surface area contributed by atoms with E-state index in [1.54, 1.807) is 0 Å². The molecule has 2 nitrogen and oxygen atoms in total. The molecule has 0 aliphatic heterocycles. The third kappa shape index (κ3) is 2.67. The van der Waals surface area contributed by atoms with E-state index in [0.29, 0.717) is 16.1 Å². The number of carbonyl (C=O) groups excluding carboxylic acids is 1. The minimum Gasteiger partial charge on any atom is -0.355 e. The van der Waals surface area contributed by atoms with Crippen molar-refractivity contribution in [2.24, 2.45) is 29.1 Å². The van der Waals surface area contributed by atoms with Crippen molar-refractivity contribution in [3.05, 3.63) is 0 Å². The molecule has 20 heavy (non-hydrogen) atoms. The van der Waals surface area contributed by atoms with Crippen LogP contribution in [0.2, 0.25) is 0 Å². The van der Waals surface area contributed by atoms with Gasteiger partial charge in [-0.05, 0) is 80.5 Å². The van der Waals surface area contributed by atoms with Gasteiger partial charge in [0.05, 0.1) is 0 Å². The molecule has 5 aliphatic rings. The minimum absolute atomic E-state index is 0.317. The lowest BCUT2D eigenvalue weighted by Crippen LogP contribution is -2.48. The van der Waals surface area contributed by atoms with Crippen LogP contribution in [-0.4, -0.2) is 17.3 Å². The average Bonchev–Trinajstić information content (AvgIpc) is 3.17. The fourth-order valence-electron chi connectivity index (χ4n) is 5.75. The molecule has 5 saturated carbocycles. The SMILES string of the molecule is O=C(CC12CC3CC(CC(C3)C1)C2)NCC(Br)C1CC1. The van der Waals surface area contributed by atoms with Gasteiger partial charge in [0.1, 0.15) is 0 Å². The maximum Gasteiger partial charge on any atom is 0.220 e. The predicted molar refractivity (Wildman–Crippen MR) is 83.7 cm³/mol. The Labute approximate surface area is 130 Å². The van der Waals surface area contributed by atoms with Crippen molar-refractivity contribution in [2.75, 3.05) is 6.54 Å². The topological polar surface area (TPSA) is 29.1 Å². The molecule has 5 rings (SSSR count). The lowest BCUT2D eigenvalue weighted by atomic mass is 9.49. The minimum atomic E-state index is 0.317. The van der Waals surface area contributed by atoms with Crippen LogP contribution in [0.1, 0.15) is 57.8 Å². The number of alkyl halides is 1. The first-order valence-electron chi connectivity index (χ1n) is 8.53. The van der Waals surface area contributed by atoms with Gasteiger partial charge < -0.3 is 5.32 Å². The van der Waals surface area contributed by atoms with E-state index in [2.05, 4.69) is 21.2 Å². The molecule has 0 aromatic rings. The second-order valence-electron chi connectivity index (χ2n) is 8.25. The van der Waals surface area contributed by atoms with E-state index in [-0.39, 0.29) is 0 Å². The quantitative estimate of drug-likeness (QED) is 0.756. The molecular weight excluding hydrogens is 314 g/mol. The van der Waals surface area contributed by atoms with Crippen molar-refractivity contribution in [1.82, 2.24) is 5.32 Å². The Kier molecular flexibility index (Phi) is 3.40. The number of hydrogen-bond acceptors (Lipinski definition) is 1. The van der Waals surface area contributed by atoms with Crippen LogP contribution in [0.25, 0.3) is 0 Å². The summed E-state index contributed by atoms with van der Waals surface area (Å²) in [5.74, 6) is 3.98. The number of halogens is 1. The van der Waals surface area contributed by atoms with Gasteiger partial charge in [0.2, 0.25) is 5.91 Å². The van der Waals surface area contributed by atoms with Crippen molar-refractivity contribution in [2.45, 2.75) is 62.6 Å². The van der Waals surface area contributed by atoms with Crippen LogP contribution in [0, 0.1) is 29.1 Å². The highest BCUT2D eigenvalue weighted by Gasteiger charge is 2.51. The normalized spacial score (nSPS) is 43.5. The Hall–Kier alpha value is -0.0500. The fourth-order valence-corrected chi connectivity index (χ4v) is 6.44. The Balaban J connectivity index is 1.32. The molecule has 1 N–H and O–H groups in total. The maximum atomic E-state index is 12.3. The smallest absolute Gasteiger partial charge is 0.220 e. The van der Waals surface area contributed by atoms with Gasteiger partial charge in [-0.25, -0.2) is 0 Å². The standard InChI is InChI=1S/C17H26BrNO/c18-15(14-1-2-14)10-19-16(20)9-17-6-11-3-12(7-17)5-13(4-11)8-17/h11-15H,1-10H2,(H,19,20). The van der Waals surface area contributed by atoms with Crippen LogP contribution in [-0.2, 0) is 4.79 Å². The van der Waals surface area contributed by atoms with E-state index in [4.69, 9.17) is 0 Å². The van der Waals surface area contributed by atoms with Crippen molar-refractivity contribution >= 4 is 21.8 Å². The second-order valence-corrected chi connectivity index (χ2v) is 9.43. The summed E-state index contributed by atoms with van der Waals surface area (Å²) in [5.41, 5.74) is 0.389. The Morgan fingerprint density at radius 2 is 1.65 bits per heavy atom. The molecule has 0 spiro atoms. The number of amides is 1. The molecule has 0 saturated heterocycles. The molecule has 5 aliphatic carbocycles. The molecule has 112 valence electrons. The summed E-state index contributed by atoms with van der Waals surface area (Å²) in [4.78, 5) is 12.8. The highest BCUT2D eigenvalue weighted by Crippen LogP contribution is 2.61. The van der Waals surface area contributed by atoms with Crippen LogP contribution >= 0.6 is 15.9 Å².